The van der Waals surface area contributed by atoms with Crippen LogP contribution in [0.1, 0.15) is 47.4 Å². The van der Waals surface area contributed by atoms with Gasteiger partial charge in [0.05, 0.1) is 16.7 Å². The van der Waals surface area contributed by atoms with Crippen molar-refractivity contribution >= 4 is 29.1 Å². The number of carbonyl (C=O) groups excluding carboxylic acids is 1. The molecule has 2 aromatic carbocycles. The number of benzene rings is 2. The summed E-state index contributed by atoms with van der Waals surface area (Å²) < 4.78 is 0. The van der Waals surface area contributed by atoms with Crippen LogP contribution in [-0.2, 0) is 0 Å². The molecule has 0 fully saturated rings. The predicted molar refractivity (Wildman–Crippen MR) is 94.3 cm³/mol. The molecule has 5 heteroatoms. The molecule has 0 bridgehead atoms. The summed E-state index contributed by atoms with van der Waals surface area (Å²) in [5, 5.41) is 13.6. The van der Waals surface area contributed by atoms with Crippen molar-refractivity contribution in [3.8, 4) is 0 Å². The molecule has 0 aromatic heterocycles. The van der Waals surface area contributed by atoms with Gasteiger partial charge in [0, 0.05) is 11.6 Å². The summed E-state index contributed by atoms with van der Waals surface area (Å²) in [5.74, 6) is 0.0949. The summed E-state index contributed by atoms with van der Waals surface area (Å²) in [5.41, 5.74) is 2.30. The van der Waals surface area contributed by atoms with Crippen molar-refractivity contribution in [2.45, 2.75) is 25.9 Å². The fraction of sp³-hybridized carbons (Fsp3) is 0.278. The van der Waals surface area contributed by atoms with E-state index in [4.69, 9.17) is 23.2 Å². The summed E-state index contributed by atoms with van der Waals surface area (Å²) in [6, 6.07) is 12.4. The zero-order chi connectivity index (χ0) is 17.0. The van der Waals surface area contributed by atoms with Crippen LogP contribution in [0.25, 0.3) is 0 Å². The molecule has 0 saturated heterocycles. The lowest BCUT2D eigenvalue weighted by Crippen LogP contribution is -2.28. The Bertz CT molecular complexity index is 684. The highest BCUT2D eigenvalue weighted by Gasteiger charge is 2.14. The summed E-state index contributed by atoms with van der Waals surface area (Å²) >= 11 is 11.8. The third kappa shape index (κ3) is 4.71. The van der Waals surface area contributed by atoms with E-state index in [0.29, 0.717) is 16.5 Å². The number of amides is 1. The Morgan fingerprint density at radius 3 is 2.26 bits per heavy atom. The van der Waals surface area contributed by atoms with Crippen LogP contribution in [0.5, 0.6) is 0 Å². The molecule has 0 aliphatic rings. The fourth-order valence-electron chi connectivity index (χ4n) is 2.18. The van der Waals surface area contributed by atoms with E-state index in [2.05, 4.69) is 19.2 Å². The van der Waals surface area contributed by atoms with Crippen LogP contribution in [0.3, 0.4) is 0 Å². The molecule has 0 aliphatic carbocycles. The first-order valence-corrected chi connectivity index (χ1v) is 8.15. The van der Waals surface area contributed by atoms with Gasteiger partial charge in [-0.05, 0) is 35.2 Å². The minimum atomic E-state index is -0.772. The third-order valence-electron chi connectivity index (χ3n) is 3.62. The Labute approximate surface area is 146 Å². The van der Waals surface area contributed by atoms with Gasteiger partial charge in [-0.3, -0.25) is 4.79 Å². The van der Waals surface area contributed by atoms with Crippen LogP contribution in [0.2, 0.25) is 10.0 Å². The highest BCUT2D eigenvalue weighted by atomic mass is 35.5. The van der Waals surface area contributed by atoms with Crippen LogP contribution in [0.4, 0.5) is 0 Å². The van der Waals surface area contributed by atoms with Crippen molar-refractivity contribution < 1.29 is 9.90 Å². The number of hydrogen-bond acceptors (Lipinski definition) is 2. The average Bonchev–Trinajstić information content (AvgIpc) is 2.52. The quantitative estimate of drug-likeness (QED) is 0.828. The first-order valence-electron chi connectivity index (χ1n) is 7.39. The molecule has 0 radical (unpaired) electrons. The van der Waals surface area contributed by atoms with E-state index in [1.54, 1.807) is 12.1 Å². The minimum absolute atomic E-state index is 0.110. The van der Waals surface area contributed by atoms with Gasteiger partial charge in [-0.25, -0.2) is 0 Å². The molecule has 1 unspecified atom stereocenters. The summed E-state index contributed by atoms with van der Waals surface area (Å²) in [7, 11) is 0. The number of hydrogen-bond donors (Lipinski definition) is 2. The second kappa shape index (κ2) is 7.82. The summed E-state index contributed by atoms with van der Waals surface area (Å²) in [4.78, 5) is 12.1. The largest absolute Gasteiger partial charge is 0.387 e. The number of rotatable bonds is 5. The number of aliphatic hydroxyl groups is 1. The number of aliphatic hydroxyl groups excluding tert-OH is 1. The van der Waals surface area contributed by atoms with E-state index in [1.807, 2.05) is 24.3 Å². The molecule has 0 heterocycles. The van der Waals surface area contributed by atoms with Crippen molar-refractivity contribution in [3.63, 3.8) is 0 Å². The molecule has 23 heavy (non-hydrogen) atoms. The first kappa shape index (κ1) is 17.8. The standard InChI is InChI=1S/C18H19Cl2NO2/c1-11(2)12-3-5-13(6-4-12)17(22)10-21-18(23)15-8-7-14(19)9-16(15)20/h3-9,11,17,22H,10H2,1-2H3,(H,21,23). The minimum Gasteiger partial charge on any atom is -0.387 e. The normalized spacial score (nSPS) is 12.3. The van der Waals surface area contributed by atoms with Crippen molar-refractivity contribution in [1.82, 2.24) is 5.32 Å². The SMILES string of the molecule is CC(C)c1ccc(C(O)CNC(=O)c2ccc(Cl)cc2Cl)cc1. The molecule has 3 nitrogen and oxygen atoms in total. The number of nitrogens with one attached hydrogen (secondary N) is 1. The van der Waals surface area contributed by atoms with Gasteiger partial charge in [0.1, 0.15) is 0 Å². The third-order valence-corrected chi connectivity index (χ3v) is 4.17. The zero-order valence-corrected chi connectivity index (χ0v) is 14.5. The zero-order valence-electron chi connectivity index (χ0n) is 13.0. The molecule has 1 atom stereocenters. The number of halogens is 2. The van der Waals surface area contributed by atoms with E-state index in [9.17, 15) is 9.90 Å². The van der Waals surface area contributed by atoms with Gasteiger partial charge in [0.25, 0.3) is 5.91 Å². The van der Waals surface area contributed by atoms with E-state index in [-0.39, 0.29) is 17.5 Å². The van der Waals surface area contributed by atoms with Crippen molar-refractivity contribution in [3.05, 3.63) is 69.2 Å². The van der Waals surface area contributed by atoms with E-state index < -0.39 is 6.10 Å². The Kier molecular flexibility index (Phi) is 6.05. The second-order valence-electron chi connectivity index (χ2n) is 5.67. The molecule has 122 valence electrons. The maximum Gasteiger partial charge on any atom is 0.252 e. The van der Waals surface area contributed by atoms with Crippen molar-refractivity contribution in [2.24, 2.45) is 0 Å². The maximum atomic E-state index is 12.1. The van der Waals surface area contributed by atoms with Gasteiger partial charge >= 0.3 is 0 Å². The smallest absolute Gasteiger partial charge is 0.252 e. The van der Waals surface area contributed by atoms with Gasteiger partial charge in [0.15, 0.2) is 0 Å². The lowest BCUT2D eigenvalue weighted by atomic mass is 10.00. The van der Waals surface area contributed by atoms with Crippen LogP contribution in [0, 0.1) is 0 Å². The Morgan fingerprint density at radius 2 is 1.70 bits per heavy atom. The lowest BCUT2D eigenvalue weighted by molar-refractivity contribution is 0.0916. The van der Waals surface area contributed by atoms with Crippen LogP contribution < -0.4 is 5.32 Å². The van der Waals surface area contributed by atoms with Crippen molar-refractivity contribution in [2.75, 3.05) is 6.54 Å². The Morgan fingerprint density at radius 1 is 1.09 bits per heavy atom. The fourth-order valence-corrected chi connectivity index (χ4v) is 2.67. The Balaban J connectivity index is 1.98. The van der Waals surface area contributed by atoms with Gasteiger partial charge < -0.3 is 10.4 Å². The van der Waals surface area contributed by atoms with Gasteiger partial charge in [0.2, 0.25) is 0 Å². The monoisotopic (exact) mass is 351 g/mol. The van der Waals surface area contributed by atoms with Crippen LogP contribution >= 0.6 is 23.2 Å². The predicted octanol–water partition coefficient (Wildman–Crippen LogP) is 4.58. The Hall–Kier alpha value is -1.55. The first-order chi connectivity index (χ1) is 10.9. The molecule has 0 spiro atoms. The molecule has 0 saturated carbocycles. The van der Waals surface area contributed by atoms with Gasteiger partial charge in [-0.1, -0.05) is 61.3 Å². The second-order valence-corrected chi connectivity index (χ2v) is 6.51. The van der Waals surface area contributed by atoms with Crippen LogP contribution in [-0.4, -0.2) is 17.6 Å². The molecular weight excluding hydrogens is 333 g/mol. The van der Waals surface area contributed by atoms with Gasteiger partial charge in [-0.2, -0.15) is 0 Å². The number of carbonyl (C=O) groups is 1. The highest BCUT2D eigenvalue weighted by Crippen LogP contribution is 2.21. The molecule has 0 aliphatic heterocycles. The molecule has 2 aromatic rings. The topological polar surface area (TPSA) is 49.3 Å². The maximum absolute atomic E-state index is 12.1. The molecule has 1 amide bonds. The van der Waals surface area contributed by atoms with E-state index in [0.717, 1.165) is 5.56 Å². The van der Waals surface area contributed by atoms with E-state index in [1.165, 1.54) is 11.6 Å². The summed E-state index contributed by atoms with van der Waals surface area (Å²) in [6.07, 6.45) is -0.772. The van der Waals surface area contributed by atoms with E-state index >= 15 is 0 Å². The highest BCUT2D eigenvalue weighted by molar-refractivity contribution is 6.36. The van der Waals surface area contributed by atoms with Gasteiger partial charge in [-0.15, -0.1) is 0 Å². The average molecular weight is 352 g/mol. The van der Waals surface area contributed by atoms with Crippen molar-refractivity contribution in [1.29, 1.82) is 0 Å². The molecular formula is C18H19Cl2NO2. The molecule has 2 N–H and O–H groups in total. The van der Waals surface area contributed by atoms with Crippen LogP contribution in [0.15, 0.2) is 42.5 Å². The lowest BCUT2D eigenvalue weighted by Gasteiger charge is -2.14. The molecule has 2 rings (SSSR count). The summed E-state index contributed by atoms with van der Waals surface area (Å²) in [6.45, 7) is 4.34.